The summed E-state index contributed by atoms with van der Waals surface area (Å²) in [6.45, 7) is 1.65. The van der Waals surface area contributed by atoms with Crippen LogP contribution in [0.15, 0.2) is 6.20 Å². The molecule has 6 nitrogen and oxygen atoms in total. The molecule has 2 rings (SSSR count). The number of hydrogen-bond donors (Lipinski definition) is 2. The fourth-order valence-electron chi connectivity index (χ4n) is 1.71. The maximum atomic E-state index is 11.7. The van der Waals surface area contributed by atoms with Crippen LogP contribution >= 0.6 is 0 Å². The zero-order valence-corrected chi connectivity index (χ0v) is 8.73. The molecule has 82 valence electrons. The highest BCUT2D eigenvalue weighted by Gasteiger charge is 2.19. The summed E-state index contributed by atoms with van der Waals surface area (Å²) in [5, 5.41) is 6.72. The highest BCUT2D eigenvalue weighted by molar-refractivity contribution is 5.91. The predicted octanol–water partition coefficient (Wildman–Crippen LogP) is 0.630. The molecule has 2 amide bonds. The number of anilines is 2. The van der Waals surface area contributed by atoms with Crippen LogP contribution < -0.4 is 11.1 Å². The van der Waals surface area contributed by atoms with Crippen molar-refractivity contribution in [2.45, 2.75) is 12.8 Å². The lowest BCUT2D eigenvalue weighted by Crippen LogP contribution is -2.33. The minimum absolute atomic E-state index is 0.0946. The number of carbonyl (C=O) groups excluding carboxylic acids is 1. The van der Waals surface area contributed by atoms with Crippen molar-refractivity contribution in [2.24, 2.45) is 7.05 Å². The number of aromatic nitrogens is 2. The summed E-state index contributed by atoms with van der Waals surface area (Å²) in [4.78, 5) is 13.5. The van der Waals surface area contributed by atoms with Gasteiger partial charge in [0.15, 0.2) is 5.82 Å². The van der Waals surface area contributed by atoms with Crippen LogP contribution in [0, 0.1) is 0 Å². The van der Waals surface area contributed by atoms with Crippen molar-refractivity contribution in [1.82, 2.24) is 14.7 Å². The van der Waals surface area contributed by atoms with E-state index in [4.69, 9.17) is 5.73 Å². The van der Waals surface area contributed by atoms with Gasteiger partial charge >= 0.3 is 6.03 Å². The van der Waals surface area contributed by atoms with Gasteiger partial charge in [0.05, 0.1) is 11.9 Å². The second kappa shape index (κ2) is 3.80. The van der Waals surface area contributed by atoms with Gasteiger partial charge in [0.2, 0.25) is 0 Å². The van der Waals surface area contributed by atoms with E-state index in [-0.39, 0.29) is 6.03 Å². The number of urea groups is 1. The molecule has 1 aromatic heterocycles. The Morgan fingerprint density at radius 2 is 2.20 bits per heavy atom. The molecule has 15 heavy (non-hydrogen) atoms. The molecular weight excluding hydrogens is 194 g/mol. The first-order chi connectivity index (χ1) is 7.18. The summed E-state index contributed by atoms with van der Waals surface area (Å²) in [7, 11) is 1.75. The van der Waals surface area contributed by atoms with Crippen molar-refractivity contribution < 1.29 is 4.79 Å². The Hall–Kier alpha value is -1.72. The van der Waals surface area contributed by atoms with E-state index in [0.29, 0.717) is 11.5 Å². The van der Waals surface area contributed by atoms with Crippen LogP contribution in [0.2, 0.25) is 0 Å². The number of nitrogens with zero attached hydrogens (tertiary/aromatic N) is 3. The first-order valence-corrected chi connectivity index (χ1v) is 5.02. The number of nitrogens with two attached hydrogens (primary N) is 1. The van der Waals surface area contributed by atoms with Gasteiger partial charge in [0.1, 0.15) is 0 Å². The molecule has 3 N–H and O–H groups in total. The third-order valence-electron chi connectivity index (χ3n) is 2.59. The monoisotopic (exact) mass is 209 g/mol. The summed E-state index contributed by atoms with van der Waals surface area (Å²) >= 11 is 0. The molecule has 6 heteroatoms. The first-order valence-electron chi connectivity index (χ1n) is 5.02. The SMILES string of the molecule is Cn1ncc(N)c1NC(=O)N1CCCC1. The van der Waals surface area contributed by atoms with E-state index < -0.39 is 0 Å². The van der Waals surface area contributed by atoms with Crippen LogP contribution in [0.5, 0.6) is 0 Å². The third kappa shape index (κ3) is 1.88. The standard InChI is InChI=1S/C9H15N5O/c1-13-8(7(10)6-11-13)12-9(15)14-4-2-3-5-14/h6H,2-5,10H2,1H3,(H,12,15). The van der Waals surface area contributed by atoms with E-state index >= 15 is 0 Å². The quantitative estimate of drug-likeness (QED) is 0.712. The summed E-state index contributed by atoms with van der Waals surface area (Å²) in [5.74, 6) is 0.562. The zero-order chi connectivity index (χ0) is 10.8. The van der Waals surface area contributed by atoms with Gasteiger partial charge in [-0.05, 0) is 12.8 Å². The van der Waals surface area contributed by atoms with Crippen LogP contribution in [0.4, 0.5) is 16.3 Å². The summed E-state index contributed by atoms with van der Waals surface area (Å²) in [6, 6.07) is -0.0946. The number of amides is 2. The summed E-state index contributed by atoms with van der Waals surface area (Å²) in [5.41, 5.74) is 6.16. The molecule has 1 fully saturated rings. The number of carbonyl (C=O) groups is 1. The number of likely N-dealkylation sites (tertiary alicyclic amines) is 1. The van der Waals surface area contributed by atoms with Crippen molar-refractivity contribution in [3.63, 3.8) is 0 Å². The van der Waals surface area contributed by atoms with E-state index in [1.54, 1.807) is 16.6 Å². The molecule has 1 aliphatic heterocycles. The van der Waals surface area contributed by atoms with Crippen molar-refractivity contribution >= 4 is 17.5 Å². The number of nitrogens with one attached hydrogen (secondary N) is 1. The number of hydrogen-bond acceptors (Lipinski definition) is 3. The molecule has 0 radical (unpaired) electrons. The molecule has 1 saturated heterocycles. The van der Waals surface area contributed by atoms with Crippen molar-refractivity contribution in [1.29, 1.82) is 0 Å². The lowest BCUT2D eigenvalue weighted by Gasteiger charge is -2.16. The van der Waals surface area contributed by atoms with Gasteiger partial charge < -0.3 is 10.6 Å². The van der Waals surface area contributed by atoms with E-state index in [1.807, 2.05) is 0 Å². The smallest absolute Gasteiger partial charge is 0.323 e. The van der Waals surface area contributed by atoms with E-state index in [1.165, 1.54) is 6.20 Å². The van der Waals surface area contributed by atoms with Crippen LogP contribution in [-0.2, 0) is 7.05 Å². The van der Waals surface area contributed by atoms with E-state index in [2.05, 4.69) is 10.4 Å². The average molecular weight is 209 g/mol. The molecule has 0 atom stereocenters. The summed E-state index contributed by atoms with van der Waals surface area (Å²) in [6.07, 6.45) is 3.68. The molecule has 0 spiro atoms. The Morgan fingerprint density at radius 1 is 1.53 bits per heavy atom. The van der Waals surface area contributed by atoms with Crippen molar-refractivity contribution in [3.8, 4) is 0 Å². The van der Waals surface area contributed by atoms with Gasteiger partial charge in [-0.25, -0.2) is 4.79 Å². The van der Waals surface area contributed by atoms with Gasteiger partial charge in [-0.1, -0.05) is 0 Å². The maximum Gasteiger partial charge on any atom is 0.323 e. The van der Waals surface area contributed by atoms with Crippen LogP contribution in [-0.4, -0.2) is 33.8 Å². The van der Waals surface area contributed by atoms with Crippen LogP contribution in [0.1, 0.15) is 12.8 Å². The molecule has 2 heterocycles. The van der Waals surface area contributed by atoms with Gasteiger partial charge in [-0.2, -0.15) is 5.10 Å². The lowest BCUT2D eigenvalue weighted by atomic mass is 10.4. The second-order valence-corrected chi connectivity index (χ2v) is 3.70. The molecule has 0 unspecified atom stereocenters. The van der Waals surface area contributed by atoms with Gasteiger partial charge in [-0.15, -0.1) is 0 Å². The Morgan fingerprint density at radius 3 is 2.73 bits per heavy atom. The largest absolute Gasteiger partial charge is 0.394 e. The minimum atomic E-state index is -0.0946. The summed E-state index contributed by atoms with van der Waals surface area (Å²) < 4.78 is 1.56. The molecule has 0 aliphatic carbocycles. The minimum Gasteiger partial charge on any atom is -0.394 e. The van der Waals surface area contributed by atoms with Crippen molar-refractivity contribution in [2.75, 3.05) is 24.1 Å². The Balaban J connectivity index is 2.05. The molecule has 0 aromatic carbocycles. The Labute approximate surface area is 88.0 Å². The number of aryl methyl sites for hydroxylation is 1. The normalized spacial score (nSPS) is 15.7. The molecule has 1 aromatic rings. The fraction of sp³-hybridized carbons (Fsp3) is 0.556. The predicted molar refractivity (Wildman–Crippen MR) is 57.4 cm³/mol. The maximum absolute atomic E-state index is 11.7. The highest BCUT2D eigenvalue weighted by atomic mass is 16.2. The Kier molecular flexibility index (Phi) is 2.49. The molecule has 0 bridgehead atoms. The number of rotatable bonds is 1. The molecular formula is C9H15N5O. The van der Waals surface area contributed by atoms with E-state index in [0.717, 1.165) is 25.9 Å². The second-order valence-electron chi connectivity index (χ2n) is 3.70. The number of nitrogen functional groups attached to an aromatic ring is 1. The Bertz CT molecular complexity index is 347. The van der Waals surface area contributed by atoms with Crippen molar-refractivity contribution in [3.05, 3.63) is 6.20 Å². The van der Waals surface area contributed by atoms with Crippen LogP contribution in [0.25, 0.3) is 0 Å². The molecule has 1 aliphatic rings. The first kappa shape index (κ1) is 9.82. The lowest BCUT2D eigenvalue weighted by molar-refractivity contribution is 0.222. The van der Waals surface area contributed by atoms with Gasteiger partial charge in [-0.3, -0.25) is 10.00 Å². The topological polar surface area (TPSA) is 76.2 Å². The van der Waals surface area contributed by atoms with E-state index in [9.17, 15) is 4.79 Å². The highest BCUT2D eigenvalue weighted by Crippen LogP contribution is 2.17. The van der Waals surface area contributed by atoms with Gasteiger partial charge in [0, 0.05) is 20.1 Å². The average Bonchev–Trinajstić information content (AvgIpc) is 2.82. The van der Waals surface area contributed by atoms with Crippen LogP contribution in [0.3, 0.4) is 0 Å². The fourth-order valence-corrected chi connectivity index (χ4v) is 1.71. The third-order valence-corrected chi connectivity index (χ3v) is 2.59. The van der Waals surface area contributed by atoms with Gasteiger partial charge in [0.25, 0.3) is 0 Å². The zero-order valence-electron chi connectivity index (χ0n) is 8.73. The molecule has 0 saturated carbocycles.